The minimum Gasteiger partial charge on any atom is -0.481 e. The van der Waals surface area contributed by atoms with E-state index < -0.39 is 5.97 Å². The number of thiazole rings is 1. The molecule has 0 radical (unpaired) electrons. The SMILES string of the molecule is O=C(O)CCNC(=O)c1ccc(CN(Cc2ccc3c(c2)OCO3)c2nc(-c3ccccc3Cl)cs2)cc1. The Morgan fingerprint density at radius 1 is 1.00 bits per heavy atom. The number of anilines is 1. The lowest BCUT2D eigenvalue weighted by molar-refractivity contribution is -0.136. The van der Waals surface area contributed by atoms with Crippen LogP contribution in [0.25, 0.3) is 11.3 Å². The van der Waals surface area contributed by atoms with E-state index in [9.17, 15) is 9.59 Å². The van der Waals surface area contributed by atoms with Crippen LogP contribution in [0, 0.1) is 0 Å². The van der Waals surface area contributed by atoms with Crippen molar-refractivity contribution >= 4 is 39.9 Å². The number of benzene rings is 3. The van der Waals surface area contributed by atoms with Gasteiger partial charge in [-0.05, 0) is 41.5 Å². The molecule has 0 saturated heterocycles. The Morgan fingerprint density at radius 3 is 2.53 bits per heavy atom. The summed E-state index contributed by atoms with van der Waals surface area (Å²) in [6.07, 6.45) is -0.122. The molecule has 8 nitrogen and oxygen atoms in total. The molecule has 0 bridgehead atoms. The number of carbonyl (C=O) groups excluding carboxylic acids is 1. The number of carboxylic acid groups (broad SMARTS) is 1. The topological polar surface area (TPSA) is 101 Å². The number of fused-ring (bicyclic) bond motifs is 1. The smallest absolute Gasteiger partial charge is 0.305 e. The van der Waals surface area contributed by atoms with E-state index in [0.717, 1.165) is 39.0 Å². The molecule has 1 amide bonds. The number of hydrogen-bond acceptors (Lipinski definition) is 7. The van der Waals surface area contributed by atoms with Gasteiger partial charge < -0.3 is 24.8 Å². The Bertz CT molecular complexity index is 1460. The van der Waals surface area contributed by atoms with Gasteiger partial charge in [0.2, 0.25) is 6.79 Å². The summed E-state index contributed by atoms with van der Waals surface area (Å²) in [6, 6.07) is 20.8. The molecule has 0 spiro atoms. The second kappa shape index (κ2) is 11.5. The summed E-state index contributed by atoms with van der Waals surface area (Å²) in [7, 11) is 0. The largest absolute Gasteiger partial charge is 0.481 e. The predicted molar refractivity (Wildman–Crippen MR) is 146 cm³/mol. The quantitative estimate of drug-likeness (QED) is 0.265. The predicted octanol–water partition coefficient (Wildman–Crippen LogP) is 5.60. The first-order valence-corrected chi connectivity index (χ1v) is 13.1. The molecule has 1 aromatic heterocycles. The van der Waals surface area contributed by atoms with E-state index in [1.165, 1.54) is 11.3 Å². The maximum Gasteiger partial charge on any atom is 0.305 e. The number of nitrogens with zero attached hydrogens (tertiary/aromatic N) is 2. The van der Waals surface area contributed by atoms with Gasteiger partial charge in [-0.25, -0.2) is 4.98 Å². The fourth-order valence-corrected chi connectivity index (χ4v) is 5.08. The highest BCUT2D eigenvalue weighted by Gasteiger charge is 2.18. The Balaban J connectivity index is 1.37. The van der Waals surface area contributed by atoms with E-state index in [4.69, 9.17) is 31.2 Å². The molecule has 2 N–H and O–H groups in total. The molecule has 0 aliphatic carbocycles. The molecular formula is C28H24ClN3O5S. The van der Waals surface area contributed by atoms with Gasteiger partial charge in [0.15, 0.2) is 16.6 Å². The van der Waals surface area contributed by atoms with Crippen molar-refractivity contribution < 1.29 is 24.2 Å². The van der Waals surface area contributed by atoms with E-state index in [-0.39, 0.29) is 25.7 Å². The number of halogens is 1. The summed E-state index contributed by atoms with van der Waals surface area (Å²) >= 11 is 7.95. The molecule has 38 heavy (non-hydrogen) atoms. The number of hydrogen-bond donors (Lipinski definition) is 2. The number of carbonyl (C=O) groups is 2. The molecule has 3 aromatic carbocycles. The molecule has 0 saturated carbocycles. The molecule has 0 atom stereocenters. The minimum absolute atomic E-state index is 0.0804. The Labute approximate surface area is 228 Å². The van der Waals surface area contributed by atoms with Crippen molar-refractivity contribution in [1.82, 2.24) is 10.3 Å². The monoisotopic (exact) mass is 549 g/mol. The van der Waals surface area contributed by atoms with E-state index >= 15 is 0 Å². The molecule has 10 heteroatoms. The highest BCUT2D eigenvalue weighted by Crippen LogP contribution is 2.35. The zero-order valence-electron chi connectivity index (χ0n) is 20.2. The fraction of sp³-hybridized carbons (Fsp3) is 0.179. The lowest BCUT2D eigenvalue weighted by Crippen LogP contribution is -2.26. The van der Waals surface area contributed by atoms with Gasteiger partial charge in [0.25, 0.3) is 5.91 Å². The summed E-state index contributed by atoms with van der Waals surface area (Å²) in [5, 5.41) is 14.8. The Morgan fingerprint density at radius 2 is 1.74 bits per heavy atom. The second-order valence-electron chi connectivity index (χ2n) is 8.64. The van der Waals surface area contributed by atoms with Crippen LogP contribution in [-0.2, 0) is 17.9 Å². The summed E-state index contributed by atoms with van der Waals surface area (Å²) in [6.45, 7) is 1.41. The van der Waals surface area contributed by atoms with Crippen molar-refractivity contribution in [2.45, 2.75) is 19.5 Å². The first-order chi connectivity index (χ1) is 18.5. The maximum atomic E-state index is 12.3. The van der Waals surface area contributed by atoms with Crippen molar-refractivity contribution in [3.63, 3.8) is 0 Å². The van der Waals surface area contributed by atoms with E-state index in [1.807, 2.05) is 60.0 Å². The standard InChI is InChI=1S/C28H24ClN3O5S/c29-22-4-2-1-3-21(22)23-16-38-28(31-23)32(15-19-7-10-24-25(13-19)37-17-36-24)14-18-5-8-20(9-6-18)27(35)30-12-11-26(33)34/h1-10,13,16H,11-12,14-15,17H2,(H,30,35)(H,33,34). The molecule has 1 aliphatic heterocycles. The minimum atomic E-state index is -0.955. The molecule has 5 rings (SSSR count). The molecule has 1 aliphatic rings. The van der Waals surface area contributed by atoms with Crippen molar-refractivity contribution in [3.8, 4) is 22.8 Å². The first-order valence-electron chi connectivity index (χ1n) is 11.9. The van der Waals surface area contributed by atoms with Crippen LogP contribution in [-0.4, -0.2) is 35.3 Å². The van der Waals surface area contributed by atoms with Gasteiger partial charge in [-0.2, -0.15) is 0 Å². The summed E-state index contributed by atoms with van der Waals surface area (Å²) in [5.74, 6) is 0.187. The number of amides is 1. The highest BCUT2D eigenvalue weighted by atomic mass is 35.5. The van der Waals surface area contributed by atoms with Gasteiger partial charge in [-0.15, -0.1) is 11.3 Å². The van der Waals surface area contributed by atoms with Crippen LogP contribution in [0.3, 0.4) is 0 Å². The van der Waals surface area contributed by atoms with Gasteiger partial charge in [0, 0.05) is 41.2 Å². The van der Waals surface area contributed by atoms with Crippen LogP contribution in [0.4, 0.5) is 5.13 Å². The Hall–Kier alpha value is -4.08. The van der Waals surface area contributed by atoms with Crippen LogP contribution in [0.15, 0.2) is 72.1 Å². The second-order valence-corrected chi connectivity index (χ2v) is 9.88. The maximum absolute atomic E-state index is 12.3. The lowest BCUT2D eigenvalue weighted by Gasteiger charge is -2.22. The molecule has 4 aromatic rings. The number of aliphatic carboxylic acids is 1. The third-order valence-electron chi connectivity index (χ3n) is 5.94. The zero-order chi connectivity index (χ0) is 26.5. The molecule has 194 valence electrons. The van der Waals surface area contributed by atoms with E-state index in [0.29, 0.717) is 23.7 Å². The van der Waals surface area contributed by atoms with Gasteiger partial charge in [-0.3, -0.25) is 9.59 Å². The summed E-state index contributed by atoms with van der Waals surface area (Å²) < 4.78 is 11.0. The zero-order valence-corrected chi connectivity index (χ0v) is 21.8. The third kappa shape index (κ3) is 6.07. The molecule has 0 unspecified atom stereocenters. The molecule has 0 fully saturated rings. The molecular weight excluding hydrogens is 526 g/mol. The fourth-order valence-electron chi connectivity index (χ4n) is 4.02. The van der Waals surface area contributed by atoms with Crippen molar-refractivity contribution in [3.05, 3.63) is 93.8 Å². The van der Waals surface area contributed by atoms with Crippen molar-refractivity contribution in [1.29, 1.82) is 0 Å². The lowest BCUT2D eigenvalue weighted by atomic mass is 10.1. The van der Waals surface area contributed by atoms with Gasteiger partial charge in [-0.1, -0.05) is 48.0 Å². The normalized spacial score (nSPS) is 11.8. The number of rotatable bonds is 10. The molecule has 2 heterocycles. The number of carboxylic acids is 1. The number of nitrogens with one attached hydrogen (secondary N) is 1. The number of aromatic nitrogens is 1. The third-order valence-corrected chi connectivity index (χ3v) is 7.17. The van der Waals surface area contributed by atoms with Crippen molar-refractivity contribution in [2.75, 3.05) is 18.2 Å². The average molecular weight is 550 g/mol. The first kappa shape index (κ1) is 25.6. The average Bonchev–Trinajstić information content (AvgIpc) is 3.58. The van der Waals surface area contributed by atoms with Gasteiger partial charge in [0.05, 0.1) is 12.1 Å². The van der Waals surface area contributed by atoms with E-state index in [2.05, 4.69) is 10.2 Å². The van der Waals surface area contributed by atoms with Crippen LogP contribution >= 0.6 is 22.9 Å². The van der Waals surface area contributed by atoms with E-state index in [1.54, 1.807) is 12.1 Å². The Kier molecular flexibility index (Phi) is 7.76. The van der Waals surface area contributed by atoms with Crippen LogP contribution in [0.5, 0.6) is 11.5 Å². The highest BCUT2D eigenvalue weighted by molar-refractivity contribution is 7.14. The van der Waals surface area contributed by atoms with Crippen molar-refractivity contribution in [2.24, 2.45) is 0 Å². The van der Waals surface area contributed by atoms with Crippen LogP contribution in [0.1, 0.15) is 27.9 Å². The van der Waals surface area contributed by atoms with Gasteiger partial charge in [0.1, 0.15) is 0 Å². The summed E-state index contributed by atoms with van der Waals surface area (Å²) in [4.78, 5) is 30.1. The van der Waals surface area contributed by atoms with Crippen LogP contribution < -0.4 is 19.7 Å². The van der Waals surface area contributed by atoms with Gasteiger partial charge >= 0.3 is 5.97 Å². The summed E-state index contributed by atoms with van der Waals surface area (Å²) in [5.41, 5.74) is 4.18. The van der Waals surface area contributed by atoms with Crippen LogP contribution in [0.2, 0.25) is 5.02 Å². The number of ether oxygens (including phenoxy) is 2.